The summed E-state index contributed by atoms with van der Waals surface area (Å²) < 4.78 is 39.3. The van der Waals surface area contributed by atoms with Crippen LogP contribution in [0.25, 0.3) is 0 Å². The number of ether oxygens (including phenoxy) is 3. The number of aliphatic hydroxyl groups excluding tert-OH is 1. The highest BCUT2D eigenvalue weighted by molar-refractivity contribution is 7.47. The quantitative estimate of drug-likeness (QED) is 0.0197. The Labute approximate surface area is 437 Å². The van der Waals surface area contributed by atoms with Crippen LogP contribution in [0.4, 0.5) is 0 Å². The topological polar surface area (TPSA) is 155 Å². The lowest BCUT2D eigenvalue weighted by Crippen LogP contribution is -2.30. The molecular weight excluding hydrogens is 928 g/mol. The summed E-state index contributed by atoms with van der Waals surface area (Å²) in [6, 6.07) is 0. The summed E-state index contributed by atoms with van der Waals surface area (Å²) in [5, 5.41) is 9.79. The third kappa shape index (κ3) is 51.1. The van der Waals surface area contributed by atoms with Crippen LogP contribution < -0.4 is 0 Å². The van der Waals surface area contributed by atoms with Crippen LogP contribution in [-0.4, -0.2) is 66.5 Å². The van der Waals surface area contributed by atoms with E-state index in [0.717, 1.165) is 116 Å². The van der Waals surface area contributed by atoms with Crippen molar-refractivity contribution < 1.29 is 52.2 Å². The van der Waals surface area contributed by atoms with E-state index in [1.807, 2.05) is 12.2 Å². The van der Waals surface area contributed by atoms with Crippen molar-refractivity contribution in [2.45, 2.75) is 226 Å². The fourth-order valence-corrected chi connectivity index (χ4v) is 7.81. The molecule has 0 aliphatic heterocycles. The number of hydrogen-bond acceptors (Lipinski definition) is 10. The summed E-state index contributed by atoms with van der Waals surface area (Å²) in [4.78, 5) is 48.4. The second-order valence-electron chi connectivity index (χ2n) is 18.0. The Kier molecular flexibility index (Phi) is 50.6. The zero-order valence-corrected chi connectivity index (χ0v) is 46.0. The van der Waals surface area contributed by atoms with E-state index in [-0.39, 0.29) is 25.9 Å². The average Bonchev–Trinajstić information content (AvgIpc) is 3.37. The number of esters is 3. The first-order valence-electron chi connectivity index (χ1n) is 27.8. The van der Waals surface area contributed by atoms with E-state index in [0.29, 0.717) is 25.7 Å². The number of carbonyl (C=O) groups excluding carboxylic acids is 3. The smallest absolute Gasteiger partial charge is 0.462 e. The molecule has 0 aromatic heterocycles. The lowest BCUT2D eigenvalue weighted by Gasteiger charge is -2.21. The third-order valence-corrected chi connectivity index (χ3v) is 12.1. The molecule has 0 radical (unpaired) electrons. The number of aliphatic hydroxyl groups is 1. The summed E-state index contributed by atoms with van der Waals surface area (Å²) in [5.74, 6) is -1.55. The number of allylic oxidation sites excluding steroid dienone is 18. The van der Waals surface area contributed by atoms with Crippen molar-refractivity contribution in [3.05, 3.63) is 109 Å². The number of carbonyl (C=O) groups is 3. The molecule has 11 nitrogen and oxygen atoms in total. The van der Waals surface area contributed by atoms with E-state index in [9.17, 15) is 28.9 Å². The Morgan fingerprint density at radius 1 is 0.403 bits per heavy atom. The highest BCUT2D eigenvalue weighted by Crippen LogP contribution is 2.43. The molecule has 0 heterocycles. The Bertz CT molecular complexity index is 1620. The summed E-state index contributed by atoms with van der Waals surface area (Å²) in [5.41, 5.74) is 0. The minimum atomic E-state index is -4.77. The van der Waals surface area contributed by atoms with Gasteiger partial charge in [0.2, 0.25) is 0 Å². The minimum absolute atomic E-state index is 0.0935. The fourth-order valence-electron chi connectivity index (χ4n) is 7.03. The SMILES string of the molecule is CC/C=C\C/C=C\C/C=C\C/C=C\C/C=C\CCCC(=O)OC(CO)COP(=O)(O)OCC(COC(=O)CCCCCCCCCCC)OC(=O)CCCCCCCC/C=C\C/C=C\C/C=C\C/C=C\CC. The molecular formula is C60H99O11P. The average molecular weight is 1030 g/mol. The van der Waals surface area contributed by atoms with Gasteiger partial charge in [-0.05, 0) is 96.3 Å². The number of phosphoric acid groups is 1. The van der Waals surface area contributed by atoms with Crippen molar-refractivity contribution in [2.75, 3.05) is 26.4 Å². The fraction of sp³-hybridized carbons (Fsp3) is 0.650. The van der Waals surface area contributed by atoms with Crippen molar-refractivity contribution in [1.29, 1.82) is 0 Å². The summed E-state index contributed by atoms with van der Waals surface area (Å²) in [6.07, 6.45) is 63.5. The molecule has 0 rings (SSSR count). The van der Waals surface area contributed by atoms with E-state index in [1.165, 1.54) is 32.1 Å². The van der Waals surface area contributed by atoms with Crippen molar-refractivity contribution >= 4 is 25.7 Å². The summed E-state index contributed by atoms with van der Waals surface area (Å²) >= 11 is 0. The van der Waals surface area contributed by atoms with Crippen LogP contribution in [0.3, 0.4) is 0 Å². The van der Waals surface area contributed by atoms with Crippen LogP contribution in [0.1, 0.15) is 213 Å². The second kappa shape index (κ2) is 53.4. The van der Waals surface area contributed by atoms with Crippen molar-refractivity contribution in [3.8, 4) is 0 Å². The standard InChI is InChI=1S/C60H99O11P/c1-4-7-10-13-16-19-21-23-25-27-28-30-32-34-36-39-42-45-48-51-60(64)71-57(53-67-58(62)49-46-43-40-37-18-15-12-9-6-3)55-69-72(65,66)68-54-56(52-61)70-59(63)50-47-44-41-38-35-33-31-29-26-24-22-20-17-14-11-8-5-2/h7-8,10-11,16-17,19-20,23-26,28,30-31,33,38,41,56-57,61H,4-6,9,12-15,18,21-22,27,29,32,34-37,39-40,42-55H2,1-3H3,(H,65,66)/b10-7-,11-8-,19-16-,20-17-,25-23-,26-24-,30-28-,33-31-,41-38-. The van der Waals surface area contributed by atoms with Crippen LogP contribution in [-0.2, 0) is 42.2 Å². The number of phosphoric ester groups is 1. The number of rotatable bonds is 50. The molecule has 2 N–H and O–H groups in total. The van der Waals surface area contributed by atoms with E-state index in [4.69, 9.17) is 23.3 Å². The van der Waals surface area contributed by atoms with E-state index < -0.39 is 57.8 Å². The molecule has 0 aromatic carbocycles. The Morgan fingerprint density at radius 2 is 0.736 bits per heavy atom. The van der Waals surface area contributed by atoms with Gasteiger partial charge in [0.25, 0.3) is 0 Å². The monoisotopic (exact) mass is 1030 g/mol. The van der Waals surface area contributed by atoms with Crippen LogP contribution in [0.5, 0.6) is 0 Å². The lowest BCUT2D eigenvalue weighted by molar-refractivity contribution is -0.161. The van der Waals surface area contributed by atoms with Gasteiger partial charge >= 0.3 is 25.7 Å². The molecule has 0 aliphatic rings. The normalized spacial score (nSPS) is 14.2. The van der Waals surface area contributed by atoms with Crippen molar-refractivity contribution in [1.82, 2.24) is 0 Å². The van der Waals surface area contributed by atoms with Gasteiger partial charge in [-0.15, -0.1) is 0 Å². The predicted octanol–water partition coefficient (Wildman–Crippen LogP) is 16.2. The maximum Gasteiger partial charge on any atom is 0.472 e. The maximum atomic E-state index is 12.9. The highest BCUT2D eigenvalue weighted by Gasteiger charge is 2.28. The predicted molar refractivity (Wildman–Crippen MR) is 297 cm³/mol. The van der Waals surface area contributed by atoms with E-state index in [2.05, 4.69) is 118 Å². The van der Waals surface area contributed by atoms with Crippen LogP contribution >= 0.6 is 7.82 Å². The van der Waals surface area contributed by atoms with Gasteiger partial charge in [-0.2, -0.15) is 0 Å². The van der Waals surface area contributed by atoms with Gasteiger partial charge in [-0.1, -0.05) is 207 Å². The van der Waals surface area contributed by atoms with Gasteiger partial charge in [0.15, 0.2) is 6.10 Å². The maximum absolute atomic E-state index is 12.9. The molecule has 0 spiro atoms. The van der Waals surface area contributed by atoms with Crippen LogP contribution in [0.15, 0.2) is 109 Å². The van der Waals surface area contributed by atoms with Gasteiger partial charge < -0.3 is 24.2 Å². The Morgan fingerprint density at radius 3 is 1.17 bits per heavy atom. The molecule has 0 amide bonds. The van der Waals surface area contributed by atoms with Crippen molar-refractivity contribution in [3.63, 3.8) is 0 Å². The molecule has 3 atom stereocenters. The van der Waals surface area contributed by atoms with Gasteiger partial charge in [0.1, 0.15) is 12.7 Å². The molecule has 12 heteroatoms. The van der Waals surface area contributed by atoms with Gasteiger partial charge in [-0.3, -0.25) is 23.4 Å². The highest BCUT2D eigenvalue weighted by atomic mass is 31.2. The summed E-state index contributed by atoms with van der Waals surface area (Å²) in [6.45, 7) is 4.30. The van der Waals surface area contributed by atoms with Crippen molar-refractivity contribution in [2.24, 2.45) is 0 Å². The molecule has 0 fully saturated rings. The molecule has 72 heavy (non-hydrogen) atoms. The largest absolute Gasteiger partial charge is 0.472 e. The molecule has 0 saturated carbocycles. The number of hydrogen-bond donors (Lipinski definition) is 2. The Balaban J connectivity index is 4.74. The molecule has 0 aromatic rings. The molecule has 3 unspecified atom stereocenters. The zero-order chi connectivity index (χ0) is 52.7. The first-order valence-corrected chi connectivity index (χ1v) is 29.3. The molecule has 0 bridgehead atoms. The van der Waals surface area contributed by atoms with Crippen LogP contribution in [0.2, 0.25) is 0 Å². The van der Waals surface area contributed by atoms with E-state index in [1.54, 1.807) is 0 Å². The Hall–Kier alpha value is -3.86. The zero-order valence-electron chi connectivity index (χ0n) is 45.1. The molecule has 0 aliphatic carbocycles. The van der Waals surface area contributed by atoms with Gasteiger partial charge in [0.05, 0.1) is 19.8 Å². The minimum Gasteiger partial charge on any atom is -0.462 e. The second-order valence-corrected chi connectivity index (χ2v) is 19.4. The lowest BCUT2D eigenvalue weighted by atomic mass is 10.1. The number of unbranched alkanes of at least 4 members (excludes halogenated alkanes) is 15. The van der Waals surface area contributed by atoms with Gasteiger partial charge in [0, 0.05) is 19.3 Å². The third-order valence-electron chi connectivity index (χ3n) is 11.2. The van der Waals surface area contributed by atoms with Gasteiger partial charge in [-0.25, -0.2) is 4.57 Å². The first-order chi connectivity index (χ1) is 35.2. The molecule has 0 saturated heterocycles. The first kappa shape index (κ1) is 68.1. The van der Waals surface area contributed by atoms with E-state index >= 15 is 0 Å². The van der Waals surface area contributed by atoms with Crippen LogP contribution in [0, 0.1) is 0 Å². The molecule has 410 valence electrons. The summed E-state index contributed by atoms with van der Waals surface area (Å²) in [7, 11) is -4.77.